The number of pyridine rings is 1. The minimum Gasteiger partial charge on any atom is -0.372 e. The summed E-state index contributed by atoms with van der Waals surface area (Å²) in [6.45, 7) is 16.5. The van der Waals surface area contributed by atoms with E-state index in [9.17, 15) is 4.79 Å². The van der Waals surface area contributed by atoms with Gasteiger partial charge in [-0.05, 0) is 45.5 Å². The zero-order valence-electron chi connectivity index (χ0n) is 16.6. The molecule has 1 aliphatic heterocycles. The van der Waals surface area contributed by atoms with E-state index >= 15 is 0 Å². The molecule has 0 unspecified atom stereocenters. The van der Waals surface area contributed by atoms with Crippen molar-refractivity contribution in [3.8, 4) is 0 Å². The molecule has 0 bridgehead atoms. The summed E-state index contributed by atoms with van der Waals surface area (Å²) in [7, 11) is 0. The van der Waals surface area contributed by atoms with Crippen LogP contribution in [0.25, 0.3) is 10.9 Å². The molecule has 1 N–H and O–H groups in total. The highest BCUT2D eigenvalue weighted by molar-refractivity contribution is 5.83. The van der Waals surface area contributed by atoms with Crippen LogP contribution in [0.1, 0.15) is 32.0 Å². The standard InChI is InChI=1S/C21H32N4O/c1-5-23-10-12-24(13-11-23)15-19-16(4)22-20-9-8-17(25(6-2)7-3)14-18(20)21(19)26/h8-9,14H,5-7,10-13,15H2,1-4H3,(H,22,26). The van der Waals surface area contributed by atoms with Crippen molar-refractivity contribution in [2.45, 2.75) is 34.2 Å². The van der Waals surface area contributed by atoms with Crippen LogP contribution in [0.3, 0.4) is 0 Å². The Morgan fingerprint density at radius 1 is 1.04 bits per heavy atom. The molecule has 142 valence electrons. The number of hydrogen-bond donors (Lipinski definition) is 1. The summed E-state index contributed by atoms with van der Waals surface area (Å²) in [6.07, 6.45) is 0. The van der Waals surface area contributed by atoms with Gasteiger partial charge in [-0.1, -0.05) is 6.92 Å². The van der Waals surface area contributed by atoms with Crippen molar-refractivity contribution in [2.24, 2.45) is 0 Å². The van der Waals surface area contributed by atoms with E-state index in [0.29, 0.717) is 0 Å². The highest BCUT2D eigenvalue weighted by atomic mass is 16.1. The number of nitrogens with one attached hydrogen (secondary N) is 1. The first-order valence-corrected chi connectivity index (χ1v) is 9.92. The summed E-state index contributed by atoms with van der Waals surface area (Å²) in [4.78, 5) is 23.8. The Morgan fingerprint density at radius 2 is 1.69 bits per heavy atom. The number of rotatable bonds is 6. The predicted molar refractivity (Wildman–Crippen MR) is 110 cm³/mol. The van der Waals surface area contributed by atoms with E-state index in [2.05, 4.69) is 52.6 Å². The van der Waals surface area contributed by atoms with Gasteiger partial charge in [0.15, 0.2) is 5.43 Å². The van der Waals surface area contributed by atoms with Gasteiger partial charge in [0.1, 0.15) is 0 Å². The molecular weight excluding hydrogens is 324 g/mol. The third-order valence-corrected chi connectivity index (χ3v) is 5.72. The number of fused-ring (bicyclic) bond motifs is 1. The highest BCUT2D eigenvalue weighted by Crippen LogP contribution is 2.21. The number of benzene rings is 1. The smallest absolute Gasteiger partial charge is 0.194 e. The van der Waals surface area contributed by atoms with E-state index in [-0.39, 0.29) is 5.43 Å². The van der Waals surface area contributed by atoms with Gasteiger partial charge >= 0.3 is 0 Å². The van der Waals surface area contributed by atoms with Crippen LogP contribution in [0.4, 0.5) is 5.69 Å². The molecule has 26 heavy (non-hydrogen) atoms. The average molecular weight is 357 g/mol. The summed E-state index contributed by atoms with van der Waals surface area (Å²) in [6, 6.07) is 6.20. The molecule has 1 aromatic heterocycles. The zero-order valence-corrected chi connectivity index (χ0v) is 16.6. The van der Waals surface area contributed by atoms with Gasteiger partial charge in [-0.25, -0.2) is 0 Å². The topological polar surface area (TPSA) is 42.6 Å². The summed E-state index contributed by atoms with van der Waals surface area (Å²) >= 11 is 0. The Labute approximate surface area is 156 Å². The number of hydrogen-bond acceptors (Lipinski definition) is 4. The fourth-order valence-electron chi connectivity index (χ4n) is 3.90. The number of aryl methyl sites for hydroxylation is 1. The average Bonchev–Trinajstić information content (AvgIpc) is 2.67. The zero-order chi connectivity index (χ0) is 18.7. The second kappa shape index (κ2) is 8.23. The molecule has 1 aliphatic rings. The van der Waals surface area contributed by atoms with Gasteiger partial charge in [0.2, 0.25) is 0 Å². The molecule has 5 nitrogen and oxygen atoms in total. The summed E-state index contributed by atoms with van der Waals surface area (Å²) < 4.78 is 0. The molecule has 1 fully saturated rings. The summed E-state index contributed by atoms with van der Waals surface area (Å²) in [5, 5.41) is 0.808. The fraction of sp³-hybridized carbons (Fsp3) is 0.571. The molecule has 3 rings (SSSR count). The van der Waals surface area contributed by atoms with Crippen LogP contribution in [-0.2, 0) is 6.54 Å². The quantitative estimate of drug-likeness (QED) is 0.864. The minimum atomic E-state index is 0.183. The van der Waals surface area contributed by atoms with Gasteiger partial charge in [0, 0.05) is 73.7 Å². The van der Waals surface area contributed by atoms with Crippen LogP contribution in [0.2, 0.25) is 0 Å². The minimum absolute atomic E-state index is 0.183. The number of nitrogens with zero attached hydrogens (tertiary/aromatic N) is 3. The molecule has 2 aromatic rings. The van der Waals surface area contributed by atoms with E-state index in [0.717, 1.165) is 80.2 Å². The lowest BCUT2D eigenvalue weighted by Gasteiger charge is -2.34. The lowest BCUT2D eigenvalue weighted by molar-refractivity contribution is 0.131. The van der Waals surface area contributed by atoms with Crippen molar-refractivity contribution >= 4 is 16.6 Å². The van der Waals surface area contributed by atoms with E-state index in [1.165, 1.54) is 0 Å². The lowest BCUT2D eigenvalue weighted by Crippen LogP contribution is -2.46. The van der Waals surface area contributed by atoms with Crippen LogP contribution < -0.4 is 10.3 Å². The lowest BCUT2D eigenvalue weighted by atomic mass is 10.1. The molecule has 1 saturated heterocycles. The molecule has 0 amide bonds. The first-order chi connectivity index (χ1) is 12.6. The predicted octanol–water partition coefficient (Wildman–Crippen LogP) is 2.82. The molecule has 1 aromatic carbocycles. The van der Waals surface area contributed by atoms with Crippen molar-refractivity contribution in [3.05, 3.63) is 39.7 Å². The number of H-pyrrole nitrogens is 1. The van der Waals surface area contributed by atoms with Crippen LogP contribution in [0, 0.1) is 6.92 Å². The van der Waals surface area contributed by atoms with Gasteiger partial charge < -0.3 is 14.8 Å². The maximum absolute atomic E-state index is 13.2. The van der Waals surface area contributed by atoms with Gasteiger partial charge in [0.25, 0.3) is 0 Å². The van der Waals surface area contributed by atoms with Crippen molar-refractivity contribution in [3.63, 3.8) is 0 Å². The monoisotopic (exact) mass is 356 g/mol. The number of piperazine rings is 1. The Balaban J connectivity index is 1.91. The SMILES string of the molecule is CCN1CCN(Cc2c(C)[nH]c3ccc(N(CC)CC)cc3c2=O)CC1. The maximum Gasteiger partial charge on any atom is 0.194 e. The van der Waals surface area contributed by atoms with Crippen LogP contribution in [0.5, 0.6) is 0 Å². The fourth-order valence-corrected chi connectivity index (χ4v) is 3.90. The molecule has 0 saturated carbocycles. The van der Waals surface area contributed by atoms with E-state index in [4.69, 9.17) is 0 Å². The van der Waals surface area contributed by atoms with Crippen LogP contribution >= 0.6 is 0 Å². The maximum atomic E-state index is 13.2. The Hall–Kier alpha value is -1.85. The van der Waals surface area contributed by atoms with Crippen molar-refractivity contribution in [1.29, 1.82) is 0 Å². The first-order valence-electron chi connectivity index (χ1n) is 9.92. The molecular formula is C21H32N4O. The number of aromatic amines is 1. The van der Waals surface area contributed by atoms with E-state index in [1.807, 2.05) is 13.0 Å². The molecule has 0 spiro atoms. The van der Waals surface area contributed by atoms with E-state index in [1.54, 1.807) is 0 Å². The third kappa shape index (κ3) is 3.79. The third-order valence-electron chi connectivity index (χ3n) is 5.72. The molecule has 0 radical (unpaired) electrons. The van der Waals surface area contributed by atoms with Crippen molar-refractivity contribution in [1.82, 2.24) is 14.8 Å². The van der Waals surface area contributed by atoms with Gasteiger partial charge in [0.05, 0.1) is 0 Å². The molecule has 5 heteroatoms. The Bertz CT molecular complexity index is 801. The highest BCUT2D eigenvalue weighted by Gasteiger charge is 2.19. The van der Waals surface area contributed by atoms with Gasteiger partial charge in [-0.3, -0.25) is 9.69 Å². The second-order valence-electron chi connectivity index (χ2n) is 7.17. The molecule has 2 heterocycles. The summed E-state index contributed by atoms with van der Waals surface area (Å²) in [5.41, 5.74) is 4.15. The number of aromatic nitrogens is 1. The van der Waals surface area contributed by atoms with Crippen molar-refractivity contribution < 1.29 is 0 Å². The van der Waals surface area contributed by atoms with Crippen molar-refractivity contribution in [2.75, 3.05) is 50.7 Å². The van der Waals surface area contributed by atoms with Gasteiger partial charge in [-0.2, -0.15) is 0 Å². The largest absolute Gasteiger partial charge is 0.372 e. The van der Waals surface area contributed by atoms with E-state index < -0.39 is 0 Å². The summed E-state index contributed by atoms with van der Waals surface area (Å²) in [5.74, 6) is 0. The molecule has 0 aliphatic carbocycles. The number of anilines is 1. The Kier molecular flexibility index (Phi) is 5.99. The van der Waals surface area contributed by atoms with Crippen LogP contribution in [-0.4, -0.2) is 60.6 Å². The number of likely N-dealkylation sites (N-methyl/N-ethyl adjacent to an activating group) is 1. The Morgan fingerprint density at radius 3 is 2.31 bits per heavy atom. The van der Waals surface area contributed by atoms with Gasteiger partial charge in [-0.15, -0.1) is 0 Å². The first kappa shape index (κ1) is 18.9. The molecule has 0 atom stereocenters. The normalized spacial score (nSPS) is 16.3. The van der Waals surface area contributed by atoms with Crippen LogP contribution in [0.15, 0.2) is 23.0 Å². The second-order valence-corrected chi connectivity index (χ2v) is 7.17.